The summed E-state index contributed by atoms with van der Waals surface area (Å²) in [6.07, 6.45) is 3.76. The Hall–Kier alpha value is 0.205. The average Bonchev–Trinajstić information content (AvgIpc) is 2.38. The normalized spacial score (nSPS) is 22.0. The maximum atomic E-state index is 3.65. The van der Waals surface area contributed by atoms with Crippen molar-refractivity contribution in [3.05, 3.63) is 35.4 Å². The van der Waals surface area contributed by atoms with E-state index >= 15 is 0 Å². The first-order valence-corrected chi connectivity index (χ1v) is 7.12. The molecule has 1 heterocycles. The average molecular weight is 284 g/mol. The van der Waals surface area contributed by atoms with Gasteiger partial charge in [-0.1, -0.05) is 39.6 Å². The van der Waals surface area contributed by atoms with Crippen molar-refractivity contribution >= 4 is 8.41 Å². The smallest absolute Gasteiger partial charge is 0.310 e. The maximum absolute atomic E-state index is 3.65. The molecule has 0 aliphatic carbocycles. The molecule has 1 aliphatic rings. The van der Waals surface area contributed by atoms with E-state index in [1.165, 1.54) is 24.0 Å². The van der Waals surface area contributed by atoms with Crippen LogP contribution in [0.4, 0.5) is 0 Å². The van der Waals surface area contributed by atoms with Crippen molar-refractivity contribution < 1.29 is 29.6 Å². The maximum Gasteiger partial charge on any atom is 1.00 e. The second-order valence-electron chi connectivity index (χ2n) is 5.94. The molecule has 1 aromatic carbocycles. The van der Waals surface area contributed by atoms with E-state index in [1.807, 2.05) is 0 Å². The molecule has 108 valence electrons. The van der Waals surface area contributed by atoms with Crippen LogP contribution in [0.5, 0.6) is 0 Å². The van der Waals surface area contributed by atoms with Crippen molar-refractivity contribution in [1.29, 1.82) is 0 Å². The first kappa shape index (κ1) is 20.2. The van der Waals surface area contributed by atoms with Crippen LogP contribution in [0, 0.1) is 5.92 Å². The van der Waals surface area contributed by atoms with Crippen LogP contribution in [0.15, 0.2) is 24.3 Å². The molecule has 1 fully saturated rings. The number of rotatable bonds is 4. The third kappa shape index (κ3) is 6.32. The fourth-order valence-electron chi connectivity index (χ4n) is 2.55. The number of hydrogen-bond donors (Lipinski definition) is 1. The Bertz CT molecular complexity index is 359. The van der Waals surface area contributed by atoms with E-state index < -0.39 is 0 Å². The fraction of sp³-hybridized carbons (Fsp3) is 0.625. The van der Waals surface area contributed by atoms with Gasteiger partial charge in [0.25, 0.3) is 0 Å². The van der Waals surface area contributed by atoms with Gasteiger partial charge in [-0.25, -0.2) is 0 Å². The van der Waals surface area contributed by atoms with E-state index in [0.29, 0.717) is 6.04 Å². The number of piperidine rings is 1. The summed E-state index contributed by atoms with van der Waals surface area (Å²) in [7, 11) is 4.25. The minimum absolute atomic E-state index is 0. The molecule has 1 aliphatic heterocycles. The van der Waals surface area contributed by atoms with Crippen molar-refractivity contribution in [2.75, 3.05) is 27.2 Å². The van der Waals surface area contributed by atoms with Crippen LogP contribution in [-0.2, 0) is 6.42 Å². The summed E-state index contributed by atoms with van der Waals surface area (Å²) in [6, 6.07) is 9.76. The zero-order chi connectivity index (χ0) is 13.0. The summed E-state index contributed by atoms with van der Waals surface area (Å²) in [5, 5.41) is 3.65. The first-order chi connectivity index (χ1) is 8.65. The summed E-state index contributed by atoms with van der Waals surface area (Å²) in [5.41, 5.74) is 2.90. The molecule has 0 unspecified atom stereocenters. The summed E-state index contributed by atoms with van der Waals surface area (Å²) in [5.74, 6) is 0.834. The molecule has 2 rings (SSSR count). The van der Waals surface area contributed by atoms with Gasteiger partial charge in [-0.3, -0.25) is 0 Å². The topological polar surface area (TPSA) is 15.3 Å². The van der Waals surface area contributed by atoms with E-state index in [4.69, 9.17) is 0 Å². The molecule has 0 aromatic heterocycles. The van der Waals surface area contributed by atoms with Gasteiger partial charge in [0.05, 0.1) is 0 Å². The third-order valence-corrected chi connectivity index (χ3v) is 3.89. The molecule has 0 radical (unpaired) electrons. The van der Waals surface area contributed by atoms with Crippen LogP contribution in [0.25, 0.3) is 0 Å². The SMILES string of the molecule is C[C@H]1CC[C@H](c2ccc(CCN(C)C)cc2)NC1.[BH4-].[Na+]. The Kier molecular flexibility index (Phi) is 10.1. The summed E-state index contributed by atoms with van der Waals surface area (Å²) in [6.45, 7) is 4.61. The molecular formula is C16H30BN2Na. The largest absolute Gasteiger partial charge is 1.00 e. The van der Waals surface area contributed by atoms with Crippen LogP contribution in [0.3, 0.4) is 0 Å². The van der Waals surface area contributed by atoms with Crippen LogP contribution in [0.2, 0.25) is 0 Å². The number of hydrogen-bond acceptors (Lipinski definition) is 2. The molecule has 0 spiro atoms. The molecule has 0 saturated carbocycles. The molecule has 1 saturated heterocycles. The molecule has 0 amide bonds. The molecule has 2 atom stereocenters. The van der Waals surface area contributed by atoms with Crippen molar-refractivity contribution in [3.63, 3.8) is 0 Å². The van der Waals surface area contributed by atoms with Crippen molar-refractivity contribution in [3.8, 4) is 0 Å². The predicted molar refractivity (Wildman–Crippen MR) is 89.2 cm³/mol. The molecule has 1 N–H and O–H groups in total. The van der Waals surface area contributed by atoms with Gasteiger partial charge in [0.2, 0.25) is 0 Å². The predicted octanol–water partition coefficient (Wildman–Crippen LogP) is -1.60. The van der Waals surface area contributed by atoms with Crippen molar-refractivity contribution in [2.24, 2.45) is 5.92 Å². The van der Waals surface area contributed by atoms with Gasteiger partial charge in [0.1, 0.15) is 0 Å². The van der Waals surface area contributed by atoms with Crippen molar-refractivity contribution in [2.45, 2.75) is 32.2 Å². The fourth-order valence-corrected chi connectivity index (χ4v) is 2.55. The Morgan fingerprint density at radius 2 is 1.80 bits per heavy atom. The van der Waals surface area contributed by atoms with Gasteiger partial charge in [-0.05, 0) is 56.9 Å². The minimum Gasteiger partial charge on any atom is -0.310 e. The Balaban J connectivity index is 0.00000180. The second-order valence-corrected chi connectivity index (χ2v) is 5.94. The molecule has 0 bridgehead atoms. The first-order valence-electron chi connectivity index (χ1n) is 7.12. The van der Waals surface area contributed by atoms with E-state index in [-0.39, 0.29) is 38.0 Å². The minimum atomic E-state index is 0. The summed E-state index contributed by atoms with van der Waals surface area (Å²) in [4.78, 5) is 2.23. The quantitative estimate of drug-likeness (QED) is 0.670. The number of nitrogens with one attached hydrogen (secondary N) is 1. The van der Waals surface area contributed by atoms with Gasteiger partial charge in [0.15, 0.2) is 0 Å². The van der Waals surface area contributed by atoms with Gasteiger partial charge in [0, 0.05) is 12.6 Å². The van der Waals surface area contributed by atoms with Crippen molar-refractivity contribution in [1.82, 2.24) is 10.2 Å². The van der Waals surface area contributed by atoms with Gasteiger partial charge in [-0.2, -0.15) is 0 Å². The van der Waals surface area contributed by atoms with E-state index in [2.05, 4.69) is 55.5 Å². The number of nitrogens with zero attached hydrogens (tertiary/aromatic N) is 1. The third-order valence-electron chi connectivity index (χ3n) is 3.89. The standard InChI is InChI=1S/C16H26N2.BH4.Na/c1-13-4-9-16(17-12-13)15-7-5-14(6-8-15)10-11-18(2)3;;/h5-8,13,16-17H,4,9-12H2,1-3H3;1H4;/q;-1;+1/t13-,16+;;/m0../s1. The van der Waals surface area contributed by atoms with Gasteiger partial charge < -0.3 is 10.2 Å². The Morgan fingerprint density at radius 1 is 1.15 bits per heavy atom. The van der Waals surface area contributed by atoms with Crippen LogP contribution in [0.1, 0.15) is 36.9 Å². The molecule has 1 aromatic rings. The Labute approximate surface area is 148 Å². The zero-order valence-corrected chi connectivity index (χ0v) is 14.9. The molecular weight excluding hydrogens is 254 g/mol. The molecule has 4 heteroatoms. The van der Waals surface area contributed by atoms with E-state index in [1.54, 1.807) is 0 Å². The summed E-state index contributed by atoms with van der Waals surface area (Å²) < 4.78 is 0. The van der Waals surface area contributed by atoms with Crippen LogP contribution in [-0.4, -0.2) is 40.5 Å². The monoisotopic (exact) mass is 284 g/mol. The van der Waals surface area contributed by atoms with Crippen LogP contribution < -0.4 is 34.9 Å². The van der Waals surface area contributed by atoms with Crippen LogP contribution >= 0.6 is 0 Å². The number of benzene rings is 1. The van der Waals surface area contributed by atoms with E-state index in [9.17, 15) is 0 Å². The summed E-state index contributed by atoms with van der Waals surface area (Å²) >= 11 is 0. The molecule has 20 heavy (non-hydrogen) atoms. The van der Waals surface area contributed by atoms with Gasteiger partial charge in [-0.15, -0.1) is 0 Å². The van der Waals surface area contributed by atoms with E-state index in [0.717, 1.165) is 25.4 Å². The molecule has 2 nitrogen and oxygen atoms in total. The zero-order valence-electron chi connectivity index (χ0n) is 12.9. The van der Waals surface area contributed by atoms with Gasteiger partial charge >= 0.3 is 29.6 Å². The Morgan fingerprint density at radius 3 is 2.30 bits per heavy atom. The number of likely N-dealkylation sites (N-methyl/N-ethyl adjacent to an activating group) is 1. The second kappa shape index (κ2) is 10.0.